The van der Waals surface area contributed by atoms with Crippen molar-refractivity contribution in [3.8, 4) is 0 Å². The van der Waals surface area contributed by atoms with Crippen LogP contribution in [0.4, 0.5) is 0 Å². The summed E-state index contributed by atoms with van der Waals surface area (Å²) in [7, 11) is -1.89. The molecule has 0 bridgehead atoms. The Morgan fingerprint density at radius 2 is 1.04 bits per heavy atom. The molecule has 3 aromatic rings. The van der Waals surface area contributed by atoms with Crippen molar-refractivity contribution in [2.75, 3.05) is 0 Å². The van der Waals surface area contributed by atoms with Gasteiger partial charge < -0.3 is 0 Å². The topological polar surface area (TPSA) is 0 Å². The molecule has 0 aliphatic heterocycles. The Morgan fingerprint density at radius 1 is 0.630 bits per heavy atom. The molecule has 0 heterocycles. The standard InChI is InChI=1S/C26H30P/c1-3-4-5-9-16-23(2)27(24-17-10-6-11-18-24,25-19-12-7-13-20-25)26-21-14-8-15-22-26/h6-8,10-15,17-22H,2-5,9,16H2,1H3/q+1. The Labute approximate surface area is 165 Å². The van der Waals surface area contributed by atoms with E-state index in [9.17, 15) is 0 Å². The van der Waals surface area contributed by atoms with Gasteiger partial charge in [-0.15, -0.1) is 0 Å². The molecule has 0 aliphatic carbocycles. The van der Waals surface area contributed by atoms with Crippen LogP contribution in [0.3, 0.4) is 0 Å². The Morgan fingerprint density at radius 3 is 1.41 bits per heavy atom. The number of allylic oxidation sites excluding steroid dienone is 1. The largest absolute Gasteiger partial charge is 0.139 e. The lowest BCUT2D eigenvalue weighted by molar-refractivity contribution is 0.672. The van der Waals surface area contributed by atoms with E-state index in [1.54, 1.807) is 0 Å². The minimum absolute atomic E-state index is 1.09. The summed E-state index contributed by atoms with van der Waals surface area (Å²) >= 11 is 0. The van der Waals surface area contributed by atoms with Crippen LogP contribution in [0.2, 0.25) is 0 Å². The molecular weight excluding hydrogens is 343 g/mol. The summed E-state index contributed by atoms with van der Waals surface area (Å²) in [4.78, 5) is 0. The molecule has 0 aliphatic rings. The maximum Gasteiger partial charge on any atom is 0.139 e. The summed E-state index contributed by atoms with van der Waals surface area (Å²) in [5, 5.41) is 5.61. The van der Waals surface area contributed by atoms with E-state index >= 15 is 0 Å². The Kier molecular flexibility index (Phi) is 7.02. The summed E-state index contributed by atoms with van der Waals surface area (Å²) in [6, 6.07) is 33.1. The maximum atomic E-state index is 4.70. The van der Waals surface area contributed by atoms with Gasteiger partial charge in [-0.1, -0.05) is 87.4 Å². The number of rotatable bonds is 9. The lowest BCUT2D eigenvalue weighted by atomic mass is 10.1. The molecule has 0 unspecified atom stereocenters. The summed E-state index contributed by atoms with van der Waals surface area (Å²) < 4.78 is 0. The molecule has 0 radical (unpaired) electrons. The predicted molar refractivity (Wildman–Crippen MR) is 123 cm³/mol. The van der Waals surface area contributed by atoms with Crippen molar-refractivity contribution in [1.82, 2.24) is 0 Å². The highest BCUT2D eigenvalue weighted by Crippen LogP contribution is 2.63. The third kappa shape index (κ3) is 4.23. The van der Waals surface area contributed by atoms with Gasteiger partial charge in [0.25, 0.3) is 0 Å². The zero-order valence-corrected chi connectivity index (χ0v) is 17.2. The highest BCUT2D eigenvalue weighted by Gasteiger charge is 2.47. The second-order valence-corrected chi connectivity index (χ2v) is 10.6. The monoisotopic (exact) mass is 373 g/mol. The van der Waals surface area contributed by atoms with Crippen LogP contribution in [-0.4, -0.2) is 0 Å². The fourth-order valence-corrected chi connectivity index (χ4v) is 8.21. The summed E-state index contributed by atoms with van der Waals surface area (Å²) in [5.41, 5.74) is 0. The van der Waals surface area contributed by atoms with E-state index in [2.05, 4.69) is 97.9 Å². The first kappa shape index (κ1) is 19.6. The summed E-state index contributed by atoms with van der Waals surface area (Å²) in [6.45, 7) is 6.97. The Balaban J connectivity index is 2.15. The van der Waals surface area contributed by atoms with Gasteiger partial charge in [0.15, 0.2) is 0 Å². The molecule has 0 fully saturated rings. The SMILES string of the molecule is C=C(CCCCCC)[P+](c1ccccc1)(c1ccccc1)c1ccccc1. The zero-order valence-electron chi connectivity index (χ0n) is 16.4. The van der Waals surface area contributed by atoms with Crippen molar-refractivity contribution in [2.24, 2.45) is 0 Å². The molecule has 0 nitrogen and oxygen atoms in total. The third-order valence-corrected chi connectivity index (χ3v) is 9.61. The van der Waals surface area contributed by atoms with Crippen molar-refractivity contribution < 1.29 is 0 Å². The average molecular weight is 374 g/mol. The molecule has 0 atom stereocenters. The van der Waals surface area contributed by atoms with E-state index in [-0.39, 0.29) is 0 Å². The summed E-state index contributed by atoms with van der Waals surface area (Å²) in [6.07, 6.45) is 6.17. The first-order chi connectivity index (χ1) is 13.3. The van der Waals surface area contributed by atoms with Crippen LogP contribution in [0.25, 0.3) is 0 Å². The minimum Gasteiger partial charge on any atom is -0.0654 e. The fourth-order valence-electron chi connectivity index (χ4n) is 3.87. The molecular formula is C26H30P+. The normalized spacial score (nSPS) is 11.3. The van der Waals surface area contributed by atoms with Crippen molar-refractivity contribution in [1.29, 1.82) is 0 Å². The predicted octanol–water partition coefficient (Wildman–Crippen LogP) is 6.46. The smallest absolute Gasteiger partial charge is 0.0654 e. The van der Waals surface area contributed by atoms with Crippen LogP contribution >= 0.6 is 7.26 Å². The van der Waals surface area contributed by atoms with Gasteiger partial charge in [0, 0.05) is 6.42 Å². The number of unbranched alkanes of at least 4 members (excludes halogenated alkanes) is 3. The molecule has 1 heteroatoms. The van der Waals surface area contributed by atoms with Gasteiger partial charge in [0.05, 0.1) is 5.31 Å². The van der Waals surface area contributed by atoms with Crippen LogP contribution in [0.5, 0.6) is 0 Å². The molecule has 138 valence electrons. The molecule has 0 spiro atoms. The van der Waals surface area contributed by atoms with Crippen molar-refractivity contribution in [2.45, 2.75) is 39.0 Å². The van der Waals surface area contributed by atoms with Crippen molar-refractivity contribution >= 4 is 23.2 Å². The van der Waals surface area contributed by atoms with Crippen LogP contribution < -0.4 is 15.9 Å². The molecule has 0 aromatic heterocycles. The van der Waals surface area contributed by atoms with Gasteiger partial charge in [0.2, 0.25) is 0 Å². The highest BCUT2D eigenvalue weighted by atomic mass is 31.2. The highest BCUT2D eigenvalue weighted by molar-refractivity contribution is 7.99. The fraction of sp³-hybridized carbons (Fsp3) is 0.231. The van der Waals surface area contributed by atoms with Gasteiger partial charge in [-0.2, -0.15) is 0 Å². The average Bonchev–Trinajstić information content (AvgIpc) is 2.74. The van der Waals surface area contributed by atoms with Gasteiger partial charge in [-0.25, -0.2) is 0 Å². The van der Waals surface area contributed by atoms with Gasteiger partial charge in [-0.05, 0) is 42.8 Å². The van der Waals surface area contributed by atoms with Gasteiger partial charge >= 0.3 is 0 Å². The lowest BCUT2D eigenvalue weighted by Crippen LogP contribution is -2.32. The van der Waals surface area contributed by atoms with E-state index in [0.717, 1.165) is 6.42 Å². The summed E-state index contributed by atoms with van der Waals surface area (Å²) in [5.74, 6) is 0. The first-order valence-electron chi connectivity index (χ1n) is 10.0. The van der Waals surface area contributed by atoms with Gasteiger partial charge in [0.1, 0.15) is 23.2 Å². The molecule has 0 amide bonds. The first-order valence-corrected chi connectivity index (χ1v) is 11.8. The van der Waals surface area contributed by atoms with Crippen LogP contribution in [-0.2, 0) is 0 Å². The number of hydrogen-bond donors (Lipinski definition) is 0. The molecule has 0 N–H and O–H groups in total. The molecule has 3 rings (SSSR count). The van der Waals surface area contributed by atoms with E-state index in [4.69, 9.17) is 6.58 Å². The number of benzene rings is 3. The molecule has 0 saturated heterocycles. The van der Waals surface area contributed by atoms with Crippen LogP contribution in [0.1, 0.15) is 39.0 Å². The van der Waals surface area contributed by atoms with Crippen LogP contribution in [0, 0.1) is 0 Å². The van der Waals surface area contributed by atoms with E-state index in [0.29, 0.717) is 0 Å². The van der Waals surface area contributed by atoms with E-state index in [1.807, 2.05) is 0 Å². The van der Waals surface area contributed by atoms with Gasteiger partial charge in [-0.3, -0.25) is 0 Å². The zero-order chi connectivity index (χ0) is 19.0. The number of hydrogen-bond acceptors (Lipinski definition) is 0. The quantitative estimate of drug-likeness (QED) is 0.298. The third-order valence-electron chi connectivity index (χ3n) is 5.22. The Bertz CT molecular complexity index is 725. The maximum absolute atomic E-state index is 4.70. The Hall–Kier alpha value is -2.17. The molecule has 27 heavy (non-hydrogen) atoms. The second kappa shape index (κ2) is 9.67. The van der Waals surface area contributed by atoms with Crippen molar-refractivity contribution in [3.63, 3.8) is 0 Å². The molecule has 0 saturated carbocycles. The van der Waals surface area contributed by atoms with E-state index < -0.39 is 7.26 Å². The minimum atomic E-state index is -1.89. The van der Waals surface area contributed by atoms with Crippen molar-refractivity contribution in [3.05, 3.63) is 103 Å². The second-order valence-electron chi connectivity index (χ2n) is 7.05. The molecule has 3 aromatic carbocycles. The van der Waals surface area contributed by atoms with E-state index in [1.165, 1.54) is 46.9 Å². The lowest BCUT2D eigenvalue weighted by Gasteiger charge is -2.29. The van der Waals surface area contributed by atoms with Crippen LogP contribution in [0.15, 0.2) is 103 Å².